The molecule has 1 unspecified atom stereocenters. The number of fused-ring (bicyclic) bond motifs is 1. The van der Waals surface area contributed by atoms with E-state index in [1.807, 2.05) is 33.8 Å². The van der Waals surface area contributed by atoms with Crippen LogP contribution in [0.3, 0.4) is 0 Å². The second-order valence-corrected chi connectivity index (χ2v) is 11.1. The predicted octanol–water partition coefficient (Wildman–Crippen LogP) is 11.1. The number of hydrogen-bond donors (Lipinski definition) is 1. The van der Waals surface area contributed by atoms with E-state index in [1.165, 1.54) is 12.1 Å². The minimum atomic E-state index is -5.23. The van der Waals surface area contributed by atoms with Crippen molar-refractivity contribution in [1.82, 2.24) is 4.98 Å². The first kappa shape index (κ1) is 36.1. The molecule has 3 rings (SSSR count). The summed E-state index contributed by atoms with van der Waals surface area (Å²) in [4.78, 5) is 7.51. The molecule has 10 heteroatoms. The summed E-state index contributed by atoms with van der Waals surface area (Å²) in [5.74, 6) is -2.62. The van der Waals surface area contributed by atoms with Gasteiger partial charge < -0.3 is 9.98 Å². The van der Waals surface area contributed by atoms with E-state index in [2.05, 4.69) is 36.0 Å². The van der Waals surface area contributed by atoms with Gasteiger partial charge in [0.1, 0.15) is 5.82 Å². The number of rotatable bonds is 8. The second kappa shape index (κ2) is 18.5. The summed E-state index contributed by atoms with van der Waals surface area (Å²) in [6, 6.07) is 7.13. The van der Waals surface area contributed by atoms with Crippen molar-refractivity contribution in [3.63, 3.8) is 0 Å². The Hall–Kier alpha value is -1.95. The van der Waals surface area contributed by atoms with Crippen molar-refractivity contribution >= 4 is 28.2 Å². The Labute approximate surface area is 251 Å². The maximum absolute atomic E-state index is 14.2. The minimum absolute atomic E-state index is 0.0559. The fraction of sp³-hybridized carbons (Fsp3) is 0.367. The summed E-state index contributed by atoms with van der Waals surface area (Å²) < 4.78 is 71.3. The normalized spacial score (nSPS) is 12.6. The SMILES string of the molecule is CCCCc1c(C(C)c2cccc(F)c2F)[nH]c2cc(F)c(Cl)cc12.C[C-]=CC(C)=N/C(C)=C/CC.[F][U]([F])[F]. The Morgan fingerprint density at radius 2 is 1.75 bits per heavy atom. The number of nitrogens with zero attached hydrogens (tertiary/aromatic N) is 1. The third-order valence-electron chi connectivity index (χ3n) is 5.85. The first-order valence-electron chi connectivity index (χ1n) is 12.9. The predicted molar refractivity (Wildman–Crippen MR) is 150 cm³/mol. The van der Waals surface area contributed by atoms with Crippen molar-refractivity contribution in [2.24, 2.45) is 4.99 Å². The molecule has 0 saturated heterocycles. The molecule has 3 aromatic rings. The van der Waals surface area contributed by atoms with Crippen molar-refractivity contribution in [2.45, 2.75) is 73.1 Å². The van der Waals surface area contributed by atoms with E-state index in [4.69, 9.17) is 11.6 Å². The number of benzene rings is 2. The standard InChI is InChI=1S/C20H19ClF3N.C10H16N.3FH.U/c1-3-4-6-13-14-9-15(21)17(23)10-18(14)25-20(13)11(2)12-7-5-8-16(22)19(12)24;1-5-7-9(3)11-10(4)8-6-2;;;;/h5,7-11,25H,3-4,6H2,1-2H3;7-8H,5H2,1-4H3;3*1H;/q;-1;;;;+3/p-3/b;9-7+,11-10?;;;;. The van der Waals surface area contributed by atoms with Gasteiger partial charge in [0.05, 0.1) is 5.02 Å². The van der Waals surface area contributed by atoms with E-state index in [1.54, 1.807) is 12.1 Å². The Bertz CT molecular complexity index is 1310. The molecule has 0 amide bonds. The number of H-pyrrole nitrogens is 1. The van der Waals surface area contributed by atoms with Crippen LogP contribution in [0.1, 0.15) is 83.5 Å². The number of aromatic amines is 1. The van der Waals surface area contributed by atoms with Crippen molar-refractivity contribution in [1.29, 1.82) is 0 Å². The van der Waals surface area contributed by atoms with Crippen LogP contribution in [0.15, 0.2) is 53.2 Å². The fourth-order valence-corrected chi connectivity index (χ4v) is 4.29. The number of allylic oxidation sites excluding steroid dienone is 4. The van der Waals surface area contributed by atoms with Gasteiger partial charge in [0, 0.05) is 28.2 Å². The molecule has 0 bridgehead atoms. The molecule has 1 aromatic heterocycles. The summed E-state index contributed by atoms with van der Waals surface area (Å²) in [5.41, 5.74) is 4.73. The topological polar surface area (TPSA) is 28.1 Å². The van der Waals surface area contributed by atoms with Gasteiger partial charge in [-0.1, -0.05) is 63.9 Å². The quantitative estimate of drug-likeness (QED) is 0.133. The second-order valence-electron chi connectivity index (χ2n) is 8.95. The van der Waals surface area contributed by atoms with E-state index in [9.17, 15) is 19.5 Å². The molecule has 0 spiro atoms. The third-order valence-corrected chi connectivity index (χ3v) is 6.14. The molecule has 0 aliphatic rings. The van der Waals surface area contributed by atoms with E-state index in [0.717, 1.165) is 59.8 Å². The molecule has 1 heterocycles. The van der Waals surface area contributed by atoms with Crippen LogP contribution in [0.4, 0.5) is 19.5 Å². The van der Waals surface area contributed by atoms with Crippen LogP contribution in [-0.4, -0.2) is 10.7 Å². The molecule has 1 N–H and O–H groups in total. The van der Waals surface area contributed by atoms with E-state index in [0.29, 0.717) is 5.52 Å². The zero-order chi connectivity index (χ0) is 30.4. The third kappa shape index (κ3) is 11.5. The molecule has 0 saturated carbocycles. The van der Waals surface area contributed by atoms with E-state index in [-0.39, 0.29) is 10.6 Å². The van der Waals surface area contributed by atoms with Crippen LogP contribution in [0.2, 0.25) is 5.02 Å². The van der Waals surface area contributed by atoms with Crippen molar-refractivity contribution < 1.29 is 47.6 Å². The molecule has 0 radical (unpaired) electrons. The Kier molecular flexibility index (Phi) is 16.7. The number of unbranched alkanes of at least 4 members (excludes halogenated alkanes) is 1. The summed E-state index contributed by atoms with van der Waals surface area (Å²) in [6.07, 6.45) is 10.6. The molecule has 40 heavy (non-hydrogen) atoms. The summed E-state index contributed by atoms with van der Waals surface area (Å²) >= 11 is 0.721. The van der Waals surface area contributed by atoms with Gasteiger partial charge in [0.25, 0.3) is 0 Å². The van der Waals surface area contributed by atoms with Gasteiger partial charge in [-0.3, -0.25) is 6.08 Å². The molecular formula is C30H35ClF6N2U-. The van der Waals surface area contributed by atoms with Crippen LogP contribution in [0, 0.1) is 51.6 Å². The number of nitrogens with one attached hydrogen (secondary N) is 1. The zero-order valence-corrected chi connectivity index (χ0v) is 28.5. The van der Waals surface area contributed by atoms with Crippen LogP contribution in [0.25, 0.3) is 10.9 Å². The van der Waals surface area contributed by atoms with Crippen molar-refractivity contribution in [3.05, 3.63) is 93.6 Å². The molecule has 2 nitrogen and oxygen atoms in total. The Morgan fingerprint density at radius 3 is 2.33 bits per heavy atom. The molecular weight excluding hydrogens is 776 g/mol. The van der Waals surface area contributed by atoms with Crippen molar-refractivity contribution in [2.75, 3.05) is 0 Å². The number of aromatic nitrogens is 1. The average molecular weight is 811 g/mol. The average Bonchev–Trinajstić information content (AvgIpc) is 3.21. The number of halogens is 7. The van der Waals surface area contributed by atoms with E-state index < -0.39 is 51.5 Å². The van der Waals surface area contributed by atoms with Gasteiger partial charge in [0.2, 0.25) is 0 Å². The number of hydrogen-bond acceptors (Lipinski definition) is 1. The molecule has 1 atom stereocenters. The number of aryl methyl sites for hydroxylation is 1. The summed E-state index contributed by atoms with van der Waals surface area (Å²) in [7, 11) is 0. The van der Waals surface area contributed by atoms with Crippen LogP contribution < -0.4 is 0 Å². The van der Waals surface area contributed by atoms with Gasteiger partial charge in [-0.05, 0) is 55.5 Å². The Morgan fingerprint density at radius 1 is 1.10 bits per heavy atom. The van der Waals surface area contributed by atoms with Crippen LogP contribution in [-0.2, 0) is 6.42 Å². The van der Waals surface area contributed by atoms with Crippen LogP contribution >= 0.6 is 11.6 Å². The zero-order valence-electron chi connectivity index (χ0n) is 23.5. The summed E-state index contributed by atoms with van der Waals surface area (Å²) in [5, 5.41) is 0.888. The fourth-order valence-electron chi connectivity index (χ4n) is 4.13. The molecule has 0 fully saturated rings. The van der Waals surface area contributed by atoms with Crippen LogP contribution in [0.5, 0.6) is 0 Å². The molecule has 2 aromatic carbocycles. The van der Waals surface area contributed by atoms with Crippen molar-refractivity contribution in [3.8, 4) is 0 Å². The Balaban J connectivity index is 0.000000446. The first-order valence-corrected chi connectivity index (χ1v) is 18.0. The monoisotopic (exact) mass is 810 g/mol. The molecule has 0 aliphatic carbocycles. The van der Waals surface area contributed by atoms with Gasteiger partial charge in [0.15, 0.2) is 11.6 Å². The van der Waals surface area contributed by atoms with Gasteiger partial charge in [-0.25, -0.2) is 19.2 Å². The maximum atomic E-state index is 14.2. The first-order chi connectivity index (χ1) is 18.9. The molecule has 219 valence electrons. The van der Waals surface area contributed by atoms with Gasteiger partial charge in [-0.15, -0.1) is 12.6 Å². The van der Waals surface area contributed by atoms with E-state index >= 15 is 0 Å². The number of aliphatic imine (C=N–C) groups is 1. The summed E-state index contributed by atoms with van der Waals surface area (Å²) in [6.45, 7) is 11.9. The van der Waals surface area contributed by atoms with Gasteiger partial charge >= 0.3 is 34.4 Å². The molecule has 0 aliphatic heterocycles. The van der Waals surface area contributed by atoms with Gasteiger partial charge in [-0.2, -0.15) is 0 Å².